The molecular formula is C23H26N4O4. The highest BCUT2D eigenvalue weighted by molar-refractivity contribution is 5.42. The van der Waals surface area contributed by atoms with Crippen molar-refractivity contribution in [1.29, 1.82) is 0 Å². The van der Waals surface area contributed by atoms with Crippen molar-refractivity contribution in [3.63, 3.8) is 0 Å². The molecule has 162 valence electrons. The maximum atomic E-state index is 9.75. The zero-order chi connectivity index (χ0) is 21.8. The predicted molar refractivity (Wildman–Crippen MR) is 113 cm³/mol. The molecule has 0 unspecified atom stereocenters. The SMILES string of the molecule is C[C@H](O)c1nccn1Cc1cc(C#Cc2ccc(O[C@H]3C[C@@H](CO)N(C)C3)cc2)on1. The maximum Gasteiger partial charge on any atom is 0.210 e. The lowest BCUT2D eigenvalue weighted by Gasteiger charge is -2.14. The summed E-state index contributed by atoms with van der Waals surface area (Å²) in [5.41, 5.74) is 1.55. The van der Waals surface area contributed by atoms with Crippen LogP contribution in [0.25, 0.3) is 0 Å². The van der Waals surface area contributed by atoms with Gasteiger partial charge in [0.25, 0.3) is 0 Å². The number of likely N-dealkylation sites (tertiary alicyclic amines) is 1. The Hall–Kier alpha value is -3.12. The molecule has 2 N–H and O–H groups in total. The van der Waals surface area contributed by atoms with Gasteiger partial charge in [0.1, 0.15) is 29.5 Å². The molecule has 3 aromatic rings. The minimum absolute atomic E-state index is 0.0801. The molecule has 0 saturated carbocycles. The smallest absolute Gasteiger partial charge is 0.210 e. The lowest BCUT2D eigenvalue weighted by Crippen LogP contribution is -2.28. The summed E-state index contributed by atoms with van der Waals surface area (Å²) in [6, 6.07) is 9.56. The van der Waals surface area contributed by atoms with Gasteiger partial charge < -0.3 is 24.0 Å². The van der Waals surface area contributed by atoms with Crippen LogP contribution in [-0.2, 0) is 6.54 Å². The maximum absolute atomic E-state index is 9.75. The van der Waals surface area contributed by atoms with Crippen LogP contribution in [0.5, 0.6) is 5.75 Å². The summed E-state index contributed by atoms with van der Waals surface area (Å²) in [5.74, 6) is 7.89. The fraction of sp³-hybridized carbons (Fsp3) is 0.391. The molecule has 8 heteroatoms. The second-order valence-electron chi connectivity index (χ2n) is 7.80. The van der Waals surface area contributed by atoms with Gasteiger partial charge in [-0.2, -0.15) is 0 Å². The fourth-order valence-electron chi connectivity index (χ4n) is 3.71. The topological polar surface area (TPSA) is 96.8 Å². The van der Waals surface area contributed by atoms with Crippen LogP contribution in [0.3, 0.4) is 0 Å². The van der Waals surface area contributed by atoms with Gasteiger partial charge in [0.05, 0.1) is 13.2 Å². The van der Waals surface area contributed by atoms with E-state index in [0.29, 0.717) is 23.8 Å². The number of rotatable bonds is 6. The van der Waals surface area contributed by atoms with Crippen LogP contribution in [0.4, 0.5) is 0 Å². The van der Waals surface area contributed by atoms with Crippen molar-refractivity contribution in [3.8, 4) is 17.6 Å². The van der Waals surface area contributed by atoms with Crippen molar-refractivity contribution in [2.45, 2.75) is 38.1 Å². The Morgan fingerprint density at radius 3 is 2.81 bits per heavy atom. The third-order valence-electron chi connectivity index (χ3n) is 5.36. The molecule has 3 heterocycles. The number of aromatic nitrogens is 3. The summed E-state index contributed by atoms with van der Waals surface area (Å²) >= 11 is 0. The molecule has 1 saturated heterocycles. The number of ether oxygens (including phenoxy) is 1. The molecule has 1 aliphatic rings. The Balaban J connectivity index is 1.35. The largest absolute Gasteiger partial charge is 0.489 e. The Morgan fingerprint density at radius 2 is 2.10 bits per heavy atom. The molecule has 31 heavy (non-hydrogen) atoms. The van der Waals surface area contributed by atoms with Gasteiger partial charge in [0, 0.05) is 43.0 Å². The van der Waals surface area contributed by atoms with E-state index in [1.54, 1.807) is 25.4 Å². The first kappa shape index (κ1) is 21.1. The van der Waals surface area contributed by atoms with Crippen molar-refractivity contribution in [2.75, 3.05) is 20.2 Å². The third-order valence-corrected chi connectivity index (χ3v) is 5.36. The zero-order valence-electron chi connectivity index (χ0n) is 17.6. The van der Waals surface area contributed by atoms with Crippen LogP contribution in [0, 0.1) is 11.8 Å². The molecule has 1 aromatic carbocycles. The number of aliphatic hydroxyl groups excluding tert-OH is 2. The lowest BCUT2D eigenvalue weighted by atomic mass is 10.2. The minimum atomic E-state index is -0.654. The van der Waals surface area contributed by atoms with Crippen LogP contribution in [0.2, 0.25) is 0 Å². The average molecular weight is 422 g/mol. The zero-order valence-corrected chi connectivity index (χ0v) is 17.6. The van der Waals surface area contributed by atoms with E-state index in [2.05, 4.69) is 26.9 Å². The Labute approximate surface area is 181 Å². The minimum Gasteiger partial charge on any atom is -0.489 e. The molecule has 0 spiro atoms. The molecule has 3 atom stereocenters. The third kappa shape index (κ3) is 5.14. The van der Waals surface area contributed by atoms with E-state index in [4.69, 9.17) is 9.26 Å². The number of hydrogen-bond acceptors (Lipinski definition) is 7. The lowest BCUT2D eigenvalue weighted by molar-refractivity contribution is 0.182. The standard InChI is InChI=1S/C23H26N4O4/c1-16(29)23-24-9-10-27(23)13-18-11-21(31-25-18)8-5-17-3-6-20(7-4-17)30-22-12-19(15-28)26(2)14-22/h3-4,6-7,9-11,16,19,22,28-29H,12-15H2,1-2H3/t16-,19-,22-/m0/s1. The van der Waals surface area contributed by atoms with Crippen molar-refractivity contribution in [2.24, 2.45) is 0 Å². The first-order valence-electron chi connectivity index (χ1n) is 10.3. The molecule has 0 amide bonds. The van der Waals surface area contributed by atoms with Gasteiger partial charge in [-0.05, 0) is 44.2 Å². The number of likely N-dealkylation sites (N-methyl/N-ethyl adjacent to an activating group) is 1. The van der Waals surface area contributed by atoms with Gasteiger partial charge in [-0.1, -0.05) is 11.1 Å². The fourth-order valence-corrected chi connectivity index (χ4v) is 3.71. The van der Waals surface area contributed by atoms with E-state index in [1.165, 1.54) is 0 Å². The van der Waals surface area contributed by atoms with Gasteiger partial charge in [-0.3, -0.25) is 4.90 Å². The van der Waals surface area contributed by atoms with Crippen LogP contribution in [0.1, 0.15) is 42.3 Å². The van der Waals surface area contributed by atoms with Crippen LogP contribution in [-0.4, -0.2) is 62.2 Å². The number of hydrogen-bond donors (Lipinski definition) is 2. The van der Waals surface area contributed by atoms with E-state index in [-0.39, 0.29) is 18.8 Å². The van der Waals surface area contributed by atoms with E-state index < -0.39 is 6.10 Å². The number of benzene rings is 1. The van der Waals surface area contributed by atoms with Crippen LogP contribution >= 0.6 is 0 Å². The van der Waals surface area contributed by atoms with E-state index in [9.17, 15) is 10.2 Å². The summed E-state index contributed by atoms with van der Waals surface area (Å²) in [6.45, 7) is 3.08. The summed E-state index contributed by atoms with van der Waals surface area (Å²) < 4.78 is 13.2. The monoisotopic (exact) mass is 422 g/mol. The Morgan fingerprint density at radius 1 is 1.29 bits per heavy atom. The molecule has 0 radical (unpaired) electrons. The number of aliphatic hydroxyl groups is 2. The molecule has 0 bridgehead atoms. The molecule has 1 aliphatic heterocycles. The van der Waals surface area contributed by atoms with Crippen molar-refractivity contribution < 1.29 is 19.5 Å². The molecule has 2 aromatic heterocycles. The van der Waals surface area contributed by atoms with Gasteiger partial charge >= 0.3 is 0 Å². The normalized spacial score (nSPS) is 19.7. The Kier molecular flexibility index (Phi) is 6.37. The average Bonchev–Trinajstić information content (AvgIpc) is 3.48. The summed E-state index contributed by atoms with van der Waals surface area (Å²) in [4.78, 5) is 6.27. The van der Waals surface area contributed by atoms with Gasteiger partial charge in [0.15, 0.2) is 0 Å². The highest BCUT2D eigenvalue weighted by atomic mass is 16.5. The van der Waals surface area contributed by atoms with Crippen molar-refractivity contribution in [3.05, 3.63) is 65.6 Å². The first-order valence-corrected chi connectivity index (χ1v) is 10.3. The van der Waals surface area contributed by atoms with E-state index in [0.717, 1.165) is 24.3 Å². The second-order valence-corrected chi connectivity index (χ2v) is 7.80. The van der Waals surface area contributed by atoms with Gasteiger partial charge in [0.2, 0.25) is 5.76 Å². The summed E-state index contributed by atoms with van der Waals surface area (Å²) in [7, 11) is 2.00. The molecule has 8 nitrogen and oxygen atoms in total. The summed E-state index contributed by atoms with van der Waals surface area (Å²) in [5, 5.41) is 23.2. The number of imidazole rings is 1. The molecule has 0 aliphatic carbocycles. The van der Waals surface area contributed by atoms with E-state index >= 15 is 0 Å². The van der Waals surface area contributed by atoms with Gasteiger partial charge in [-0.25, -0.2) is 4.98 Å². The molecular weight excluding hydrogens is 396 g/mol. The highest BCUT2D eigenvalue weighted by Crippen LogP contribution is 2.22. The van der Waals surface area contributed by atoms with Crippen LogP contribution < -0.4 is 4.74 Å². The van der Waals surface area contributed by atoms with Gasteiger partial charge in [-0.15, -0.1) is 0 Å². The highest BCUT2D eigenvalue weighted by Gasteiger charge is 2.30. The van der Waals surface area contributed by atoms with Crippen LogP contribution in [0.15, 0.2) is 47.2 Å². The molecule has 4 rings (SSSR count). The number of nitrogens with zero attached hydrogens (tertiary/aromatic N) is 4. The molecule has 1 fully saturated rings. The van der Waals surface area contributed by atoms with Crippen molar-refractivity contribution in [1.82, 2.24) is 19.6 Å². The van der Waals surface area contributed by atoms with E-state index in [1.807, 2.05) is 35.9 Å². The second kappa shape index (κ2) is 9.35. The van der Waals surface area contributed by atoms with Crippen molar-refractivity contribution >= 4 is 0 Å². The first-order chi connectivity index (χ1) is 15.0. The Bertz CT molecular complexity index is 1060. The quantitative estimate of drug-likeness (QED) is 0.585. The summed E-state index contributed by atoms with van der Waals surface area (Å²) in [6.07, 6.45) is 3.68. The predicted octanol–water partition coefficient (Wildman–Crippen LogP) is 1.82.